The number of rotatable bonds is 12. The van der Waals surface area contributed by atoms with Crippen LogP contribution in [-0.2, 0) is 20.1 Å². The molecule has 0 bridgehead atoms. The SMILES string of the molecule is COc1ccc(CS[C@@H]2C[C@@H](C(=O)C[C@H](C(=O)C(F)(F)F)C(C)C)N(C(=O)COc3cc(Cl)cc(Cl)c3)C2)cc1. The molecule has 1 saturated heterocycles. The minimum atomic E-state index is -5.05. The molecule has 0 N–H and O–H groups in total. The second-order valence-corrected chi connectivity index (χ2v) is 12.0. The minimum Gasteiger partial charge on any atom is -0.497 e. The fraction of sp³-hybridized carbons (Fsp3) is 0.464. The van der Waals surface area contributed by atoms with E-state index in [1.54, 1.807) is 7.11 Å². The van der Waals surface area contributed by atoms with Crippen molar-refractivity contribution in [1.82, 2.24) is 4.90 Å². The molecule has 1 aliphatic heterocycles. The van der Waals surface area contributed by atoms with Gasteiger partial charge in [-0.25, -0.2) is 0 Å². The molecule has 40 heavy (non-hydrogen) atoms. The lowest BCUT2D eigenvalue weighted by Gasteiger charge is -2.26. The molecule has 1 fully saturated rings. The highest BCUT2D eigenvalue weighted by Crippen LogP contribution is 2.34. The molecule has 0 saturated carbocycles. The molecule has 6 nitrogen and oxygen atoms in total. The number of carbonyl (C=O) groups excluding carboxylic acids is 3. The molecule has 1 amide bonds. The third-order valence-electron chi connectivity index (χ3n) is 6.64. The Hall–Kier alpha value is -2.43. The summed E-state index contributed by atoms with van der Waals surface area (Å²) in [7, 11) is 1.57. The van der Waals surface area contributed by atoms with Gasteiger partial charge in [0.15, 0.2) is 12.4 Å². The largest absolute Gasteiger partial charge is 0.497 e. The van der Waals surface area contributed by atoms with Crippen LogP contribution in [0.15, 0.2) is 42.5 Å². The zero-order chi connectivity index (χ0) is 29.6. The Morgan fingerprint density at radius 2 is 1.68 bits per heavy atom. The maximum Gasteiger partial charge on any atom is 0.450 e. The quantitative estimate of drug-likeness (QED) is 0.265. The van der Waals surface area contributed by atoms with Crippen LogP contribution in [0.25, 0.3) is 0 Å². The van der Waals surface area contributed by atoms with Crippen molar-refractivity contribution in [2.45, 2.75) is 49.9 Å². The van der Waals surface area contributed by atoms with Crippen molar-refractivity contribution in [2.24, 2.45) is 11.8 Å². The van der Waals surface area contributed by atoms with Gasteiger partial charge >= 0.3 is 6.18 Å². The Bertz CT molecular complexity index is 1190. The van der Waals surface area contributed by atoms with Crippen LogP contribution < -0.4 is 9.47 Å². The second kappa shape index (κ2) is 14.0. The summed E-state index contributed by atoms with van der Waals surface area (Å²) in [6.07, 6.45) is -5.41. The fourth-order valence-corrected chi connectivity index (χ4v) is 6.18. The Morgan fingerprint density at radius 1 is 1.05 bits per heavy atom. The Balaban J connectivity index is 1.75. The van der Waals surface area contributed by atoms with E-state index in [0.29, 0.717) is 21.5 Å². The number of nitrogens with zero attached hydrogens (tertiary/aromatic N) is 1. The molecule has 2 aromatic carbocycles. The number of hydrogen-bond donors (Lipinski definition) is 0. The van der Waals surface area contributed by atoms with Crippen LogP contribution in [0.1, 0.15) is 32.3 Å². The Kier molecular flexibility index (Phi) is 11.2. The average Bonchev–Trinajstić information content (AvgIpc) is 3.32. The van der Waals surface area contributed by atoms with Crippen LogP contribution in [0.2, 0.25) is 10.0 Å². The number of halogens is 5. The average molecular weight is 621 g/mol. The van der Waals surface area contributed by atoms with Crippen LogP contribution >= 0.6 is 35.0 Å². The highest BCUT2D eigenvalue weighted by atomic mass is 35.5. The maximum atomic E-state index is 13.3. The number of carbonyl (C=O) groups is 3. The standard InChI is InChI=1S/C28H30Cl2F3NO5S/c1-16(2)23(27(37)28(31,32)33)12-25(35)24-11-22(40-15-17-4-6-20(38-3)7-5-17)13-34(24)26(36)14-39-21-9-18(29)8-19(30)10-21/h4-10,16,22-24H,11-15H2,1-3H3/t22-,23+,24+/m1/s1. The van der Waals surface area contributed by atoms with Crippen molar-refractivity contribution in [3.05, 3.63) is 58.1 Å². The predicted molar refractivity (Wildman–Crippen MR) is 149 cm³/mol. The molecule has 0 aliphatic carbocycles. The first-order chi connectivity index (χ1) is 18.8. The molecule has 0 unspecified atom stereocenters. The van der Waals surface area contributed by atoms with Gasteiger partial charge in [-0.2, -0.15) is 24.9 Å². The van der Waals surface area contributed by atoms with E-state index < -0.39 is 54.6 Å². The lowest BCUT2D eigenvalue weighted by molar-refractivity contribution is -0.177. The van der Waals surface area contributed by atoms with Gasteiger partial charge in [0.2, 0.25) is 5.78 Å². The molecule has 12 heteroatoms. The van der Waals surface area contributed by atoms with Gasteiger partial charge in [0.1, 0.15) is 11.5 Å². The number of amides is 1. The van der Waals surface area contributed by atoms with E-state index >= 15 is 0 Å². The molecule has 0 spiro atoms. The first kappa shape index (κ1) is 32.1. The summed E-state index contributed by atoms with van der Waals surface area (Å²) >= 11 is 13.5. The summed E-state index contributed by atoms with van der Waals surface area (Å²) in [5, 5.41) is 0.470. The Morgan fingerprint density at radius 3 is 2.23 bits per heavy atom. The van der Waals surface area contributed by atoms with E-state index in [2.05, 4.69) is 0 Å². The monoisotopic (exact) mass is 619 g/mol. The molecule has 3 atom stereocenters. The van der Waals surface area contributed by atoms with Crippen LogP contribution in [-0.4, -0.2) is 60.1 Å². The molecule has 3 rings (SSSR count). The first-order valence-corrected chi connectivity index (χ1v) is 14.4. The maximum absolute atomic E-state index is 13.3. The zero-order valence-corrected chi connectivity index (χ0v) is 24.5. The highest BCUT2D eigenvalue weighted by molar-refractivity contribution is 7.99. The minimum absolute atomic E-state index is 0.156. The van der Waals surface area contributed by atoms with E-state index in [1.807, 2.05) is 24.3 Å². The number of benzene rings is 2. The van der Waals surface area contributed by atoms with Crippen LogP contribution in [0, 0.1) is 11.8 Å². The van der Waals surface area contributed by atoms with Gasteiger partial charge in [-0.15, -0.1) is 0 Å². The number of hydrogen-bond acceptors (Lipinski definition) is 6. The van der Waals surface area contributed by atoms with Crippen LogP contribution in [0.5, 0.6) is 11.5 Å². The van der Waals surface area contributed by atoms with Crippen LogP contribution in [0.4, 0.5) is 13.2 Å². The lowest BCUT2D eigenvalue weighted by Crippen LogP contribution is -2.44. The zero-order valence-electron chi connectivity index (χ0n) is 22.2. The van der Waals surface area contributed by atoms with E-state index in [-0.39, 0.29) is 24.0 Å². The van der Waals surface area contributed by atoms with E-state index in [1.165, 1.54) is 48.7 Å². The van der Waals surface area contributed by atoms with Crippen molar-refractivity contribution in [3.63, 3.8) is 0 Å². The van der Waals surface area contributed by atoms with Crippen molar-refractivity contribution < 1.29 is 37.0 Å². The third kappa shape index (κ3) is 8.78. The lowest BCUT2D eigenvalue weighted by atomic mass is 9.85. The number of likely N-dealkylation sites (tertiary alicyclic amines) is 1. The summed E-state index contributed by atoms with van der Waals surface area (Å²) < 4.78 is 50.4. The van der Waals surface area contributed by atoms with Crippen molar-refractivity contribution in [2.75, 3.05) is 20.3 Å². The second-order valence-electron chi connectivity index (χ2n) is 9.86. The summed E-state index contributed by atoms with van der Waals surface area (Å²) in [4.78, 5) is 40.0. The predicted octanol–water partition coefficient (Wildman–Crippen LogP) is 6.65. The van der Waals surface area contributed by atoms with E-state index in [0.717, 1.165) is 5.56 Å². The number of Topliss-reactive ketones (excluding diaryl/α,β-unsaturated/α-hetero) is 2. The summed E-state index contributed by atoms with van der Waals surface area (Å²) in [5.74, 6) is -3.69. The number of ketones is 2. The fourth-order valence-electron chi connectivity index (χ4n) is 4.47. The number of alkyl halides is 3. The summed E-state index contributed by atoms with van der Waals surface area (Å²) in [6, 6.07) is 11.0. The van der Waals surface area contributed by atoms with Gasteiger partial charge in [-0.3, -0.25) is 14.4 Å². The number of thioether (sulfide) groups is 1. The van der Waals surface area contributed by atoms with E-state index in [4.69, 9.17) is 32.7 Å². The van der Waals surface area contributed by atoms with Gasteiger partial charge in [0.05, 0.1) is 13.2 Å². The molecule has 1 heterocycles. The molecule has 218 valence electrons. The van der Waals surface area contributed by atoms with Gasteiger partial charge in [-0.1, -0.05) is 49.2 Å². The van der Waals surface area contributed by atoms with Crippen molar-refractivity contribution >= 4 is 52.4 Å². The van der Waals surface area contributed by atoms with Gasteiger partial charge in [-0.05, 0) is 48.2 Å². The number of ether oxygens (including phenoxy) is 2. The molecule has 0 radical (unpaired) electrons. The smallest absolute Gasteiger partial charge is 0.450 e. The third-order valence-corrected chi connectivity index (χ3v) is 8.39. The normalized spacial score (nSPS) is 18.1. The van der Waals surface area contributed by atoms with Gasteiger partial charge < -0.3 is 14.4 Å². The van der Waals surface area contributed by atoms with E-state index in [9.17, 15) is 27.6 Å². The molecule has 0 aromatic heterocycles. The molecular weight excluding hydrogens is 590 g/mol. The van der Waals surface area contributed by atoms with Crippen LogP contribution in [0.3, 0.4) is 0 Å². The van der Waals surface area contributed by atoms with Gasteiger partial charge in [0.25, 0.3) is 5.91 Å². The van der Waals surface area contributed by atoms with Crippen molar-refractivity contribution in [3.8, 4) is 11.5 Å². The molecular formula is C28H30Cl2F3NO5S. The summed E-state index contributed by atoms with van der Waals surface area (Å²) in [5.41, 5.74) is 1.01. The Labute approximate surface area is 245 Å². The number of methoxy groups -OCH3 is 1. The highest BCUT2D eigenvalue weighted by Gasteiger charge is 2.47. The van der Waals surface area contributed by atoms with Crippen molar-refractivity contribution in [1.29, 1.82) is 0 Å². The molecule has 2 aromatic rings. The summed E-state index contributed by atoms with van der Waals surface area (Å²) in [6.45, 7) is 2.72. The topological polar surface area (TPSA) is 72.9 Å². The molecule has 1 aliphatic rings. The van der Waals surface area contributed by atoms with Gasteiger partial charge in [0, 0.05) is 39.9 Å². The first-order valence-electron chi connectivity index (χ1n) is 12.5.